The first kappa shape index (κ1) is 11.5. The smallest absolute Gasteiger partial charge is 0.114 e. The summed E-state index contributed by atoms with van der Waals surface area (Å²) in [6, 6.07) is 2.15. The molecule has 1 saturated heterocycles. The molecule has 3 heteroatoms. The van der Waals surface area contributed by atoms with Crippen LogP contribution in [0.15, 0.2) is 0 Å². The van der Waals surface area contributed by atoms with E-state index in [1.807, 2.05) is 0 Å². The minimum absolute atomic E-state index is 0.379. The molecule has 80 valence electrons. The van der Waals surface area contributed by atoms with Crippen molar-refractivity contribution in [2.24, 2.45) is 11.1 Å². The van der Waals surface area contributed by atoms with Crippen LogP contribution in [0, 0.1) is 16.7 Å². The van der Waals surface area contributed by atoms with Crippen LogP contribution in [0.3, 0.4) is 0 Å². The minimum Gasteiger partial charge on any atom is -0.313 e. The first-order chi connectivity index (χ1) is 6.35. The number of hydrogen-bond acceptors (Lipinski definition) is 3. The number of likely N-dealkylation sites (tertiary alicyclic amines) is 1. The number of nitrogens with zero attached hydrogens (tertiary/aromatic N) is 2. The maximum absolute atomic E-state index is 8.85. The molecule has 1 rings (SSSR count). The van der Waals surface area contributed by atoms with Crippen LogP contribution in [0.1, 0.15) is 33.6 Å². The Bertz CT molecular complexity index is 237. The molecule has 0 aromatic heterocycles. The van der Waals surface area contributed by atoms with Crippen molar-refractivity contribution < 1.29 is 0 Å². The van der Waals surface area contributed by atoms with Crippen LogP contribution in [-0.4, -0.2) is 30.1 Å². The summed E-state index contributed by atoms with van der Waals surface area (Å²) in [6.45, 7) is 9.18. The summed E-state index contributed by atoms with van der Waals surface area (Å²) in [7, 11) is 0. The lowest BCUT2D eigenvalue weighted by Gasteiger charge is -2.39. The van der Waals surface area contributed by atoms with Gasteiger partial charge in [0.15, 0.2) is 0 Å². The van der Waals surface area contributed by atoms with E-state index in [2.05, 4.69) is 24.8 Å². The third kappa shape index (κ3) is 3.28. The summed E-state index contributed by atoms with van der Waals surface area (Å²) in [5.41, 5.74) is 5.51. The zero-order chi connectivity index (χ0) is 10.8. The van der Waals surface area contributed by atoms with Crippen molar-refractivity contribution >= 4 is 0 Å². The van der Waals surface area contributed by atoms with E-state index in [4.69, 9.17) is 11.0 Å². The van der Waals surface area contributed by atoms with Crippen LogP contribution in [0.4, 0.5) is 0 Å². The van der Waals surface area contributed by atoms with Crippen LogP contribution in [0.5, 0.6) is 0 Å². The van der Waals surface area contributed by atoms with Crippen LogP contribution in [0.2, 0.25) is 0 Å². The van der Waals surface area contributed by atoms with Gasteiger partial charge in [0, 0.05) is 13.1 Å². The van der Waals surface area contributed by atoms with E-state index < -0.39 is 5.54 Å². The lowest BCUT2D eigenvalue weighted by atomic mass is 9.83. The molecule has 0 aromatic carbocycles. The van der Waals surface area contributed by atoms with Crippen LogP contribution >= 0.6 is 0 Å². The number of rotatable bonds is 2. The first-order valence-electron chi connectivity index (χ1n) is 5.27. The lowest BCUT2D eigenvalue weighted by molar-refractivity contribution is 0.106. The van der Waals surface area contributed by atoms with Gasteiger partial charge in [0.2, 0.25) is 0 Å². The van der Waals surface area contributed by atoms with Crippen molar-refractivity contribution in [3.63, 3.8) is 0 Å². The summed E-state index contributed by atoms with van der Waals surface area (Å²) in [4.78, 5) is 2.31. The Morgan fingerprint density at radius 2 is 2.21 bits per heavy atom. The maximum Gasteiger partial charge on any atom is 0.114 e. The second kappa shape index (κ2) is 3.88. The molecule has 1 aliphatic rings. The average Bonchev–Trinajstić information content (AvgIpc) is 2.01. The third-order valence-corrected chi connectivity index (χ3v) is 2.79. The summed E-state index contributed by atoms with van der Waals surface area (Å²) in [5.74, 6) is 0. The van der Waals surface area contributed by atoms with Crippen LogP contribution < -0.4 is 5.73 Å². The summed E-state index contributed by atoms with van der Waals surface area (Å²) in [5, 5.41) is 8.85. The predicted molar refractivity (Wildman–Crippen MR) is 57.7 cm³/mol. The summed E-state index contributed by atoms with van der Waals surface area (Å²) < 4.78 is 0. The summed E-state index contributed by atoms with van der Waals surface area (Å²) >= 11 is 0. The van der Waals surface area contributed by atoms with Crippen molar-refractivity contribution in [3.05, 3.63) is 0 Å². The number of hydrogen-bond donors (Lipinski definition) is 1. The number of nitriles is 1. The molecule has 1 aliphatic heterocycles. The van der Waals surface area contributed by atoms with Gasteiger partial charge in [-0.15, -0.1) is 0 Å². The third-order valence-electron chi connectivity index (χ3n) is 2.79. The van der Waals surface area contributed by atoms with E-state index in [-0.39, 0.29) is 0 Å². The normalized spacial score (nSPS) is 26.5. The molecule has 0 amide bonds. The van der Waals surface area contributed by atoms with Crippen molar-refractivity contribution in [1.82, 2.24) is 4.90 Å². The molecular formula is C11H21N3. The standard InChI is InChI=1S/C11H21N3/c1-10(2)5-4-6-14(8-10)9-11(3,13)7-12/h4-6,8-9,13H2,1-3H3. The van der Waals surface area contributed by atoms with E-state index in [1.165, 1.54) is 12.8 Å². The predicted octanol–water partition coefficient (Wildman–Crippen LogP) is 1.35. The molecule has 0 bridgehead atoms. The average molecular weight is 195 g/mol. The van der Waals surface area contributed by atoms with Crippen LogP contribution in [-0.2, 0) is 0 Å². The largest absolute Gasteiger partial charge is 0.313 e. The maximum atomic E-state index is 8.85. The van der Waals surface area contributed by atoms with E-state index in [0.717, 1.165) is 13.1 Å². The molecule has 0 aliphatic carbocycles. The van der Waals surface area contributed by atoms with Gasteiger partial charge in [-0.1, -0.05) is 13.8 Å². The van der Waals surface area contributed by atoms with Gasteiger partial charge >= 0.3 is 0 Å². The molecule has 1 fully saturated rings. The van der Waals surface area contributed by atoms with Crippen molar-refractivity contribution in [3.8, 4) is 6.07 Å². The van der Waals surface area contributed by atoms with Gasteiger partial charge in [-0.3, -0.25) is 4.90 Å². The molecule has 0 radical (unpaired) electrons. The Balaban J connectivity index is 2.51. The Morgan fingerprint density at radius 3 is 2.71 bits per heavy atom. The van der Waals surface area contributed by atoms with Gasteiger partial charge in [-0.2, -0.15) is 5.26 Å². The molecule has 0 saturated carbocycles. The zero-order valence-electron chi connectivity index (χ0n) is 9.51. The van der Waals surface area contributed by atoms with Gasteiger partial charge in [0.1, 0.15) is 5.54 Å². The summed E-state index contributed by atoms with van der Waals surface area (Å²) in [6.07, 6.45) is 2.49. The van der Waals surface area contributed by atoms with Gasteiger partial charge in [0.05, 0.1) is 6.07 Å². The van der Waals surface area contributed by atoms with Crippen LogP contribution in [0.25, 0.3) is 0 Å². The fraction of sp³-hybridized carbons (Fsp3) is 0.909. The van der Waals surface area contributed by atoms with Crippen molar-refractivity contribution in [1.29, 1.82) is 5.26 Å². The van der Waals surface area contributed by atoms with Crippen molar-refractivity contribution in [2.75, 3.05) is 19.6 Å². The highest BCUT2D eigenvalue weighted by atomic mass is 15.2. The molecule has 1 unspecified atom stereocenters. The monoisotopic (exact) mass is 195 g/mol. The van der Waals surface area contributed by atoms with Crippen molar-refractivity contribution in [2.45, 2.75) is 39.2 Å². The topological polar surface area (TPSA) is 53.1 Å². The molecule has 3 nitrogen and oxygen atoms in total. The molecule has 0 spiro atoms. The minimum atomic E-state index is -0.701. The Hall–Kier alpha value is -0.590. The first-order valence-corrected chi connectivity index (χ1v) is 5.27. The molecule has 14 heavy (non-hydrogen) atoms. The fourth-order valence-electron chi connectivity index (χ4n) is 2.18. The van der Waals surface area contributed by atoms with E-state index in [1.54, 1.807) is 6.92 Å². The second-order valence-corrected chi connectivity index (χ2v) is 5.51. The highest BCUT2D eigenvalue weighted by molar-refractivity contribution is 5.03. The zero-order valence-corrected chi connectivity index (χ0v) is 9.51. The molecular weight excluding hydrogens is 174 g/mol. The van der Waals surface area contributed by atoms with E-state index in [9.17, 15) is 0 Å². The SMILES string of the molecule is CC(N)(C#N)CN1CCCC(C)(C)C1. The van der Waals surface area contributed by atoms with Gasteiger partial charge in [0.25, 0.3) is 0 Å². The van der Waals surface area contributed by atoms with E-state index >= 15 is 0 Å². The molecule has 0 aromatic rings. The van der Waals surface area contributed by atoms with E-state index in [0.29, 0.717) is 12.0 Å². The Morgan fingerprint density at radius 1 is 1.57 bits per heavy atom. The molecule has 2 N–H and O–H groups in total. The second-order valence-electron chi connectivity index (χ2n) is 5.51. The fourth-order valence-corrected chi connectivity index (χ4v) is 2.18. The molecule has 1 atom stereocenters. The van der Waals surface area contributed by atoms with Gasteiger partial charge in [-0.25, -0.2) is 0 Å². The van der Waals surface area contributed by atoms with Gasteiger partial charge < -0.3 is 5.73 Å². The number of nitrogens with two attached hydrogens (primary N) is 1. The highest BCUT2D eigenvalue weighted by Gasteiger charge is 2.30. The highest BCUT2D eigenvalue weighted by Crippen LogP contribution is 2.28. The Labute approximate surface area is 86.9 Å². The molecule has 1 heterocycles. The quantitative estimate of drug-likeness (QED) is 0.723. The number of piperidine rings is 1. The Kier molecular flexibility index (Phi) is 3.18. The lowest BCUT2D eigenvalue weighted by Crippen LogP contribution is -2.51. The van der Waals surface area contributed by atoms with Gasteiger partial charge in [-0.05, 0) is 31.7 Å².